The van der Waals surface area contributed by atoms with Gasteiger partial charge in [-0.05, 0) is 17.7 Å². The first-order valence-corrected chi connectivity index (χ1v) is 4.22. The number of halogens is 1. The molecule has 1 atom stereocenters. The maximum atomic E-state index is 12.6. The molecule has 0 aromatic heterocycles. The van der Waals surface area contributed by atoms with Crippen molar-refractivity contribution in [2.75, 3.05) is 13.7 Å². The highest BCUT2D eigenvalue weighted by Crippen LogP contribution is 2.16. The summed E-state index contributed by atoms with van der Waals surface area (Å²) in [6.45, 7) is 0.151. The Morgan fingerprint density at radius 3 is 2.50 bits per heavy atom. The molecule has 0 aliphatic carbocycles. The number of ether oxygens (including phenoxy) is 1. The molecule has 14 heavy (non-hydrogen) atoms. The molecule has 1 unspecified atom stereocenters. The van der Waals surface area contributed by atoms with E-state index in [4.69, 9.17) is 5.73 Å². The third-order valence-electron chi connectivity index (χ3n) is 1.99. The standard InChI is InChI=1S/C10H12FNO2/c1-14-10(13)9(6-12)7-2-4-8(11)5-3-7/h2-5,9H,6,12H2,1H3. The first-order chi connectivity index (χ1) is 6.69. The van der Waals surface area contributed by atoms with Crippen molar-refractivity contribution in [3.8, 4) is 0 Å². The summed E-state index contributed by atoms with van der Waals surface area (Å²) < 4.78 is 17.2. The molecule has 0 aliphatic heterocycles. The summed E-state index contributed by atoms with van der Waals surface area (Å²) in [6.07, 6.45) is 0. The number of rotatable bonds is 3. The lowest BCUT2D eigenvalue weighted by Crippen LogP contribution is -2.22. The van der Waals surface area contributed by atoms with Gasteiger partial charge in [0.1, 0.15) is 5.82 Å². The van der Waals surface area contributed by atoms with Crippen LogP contribution in [0.1, 0.15) is 11.5 Å². The van der Waals surface area contributed by atoms with Crippen molar-refractivity contribution in [2.24, 2.45) is 5.73 Å². The molecule has 0 spiro atoms. The monoisotopic (exact) mass is 197 g/mol. The number of benzene rings is 1. The number of carbonyl (C=O) groups is 1. The summed E-state index contributed by atoms with van der Waals surface area (Å²) in [5.41, 5.74) is 6.09. The maximum Gasteiger partial charge on any atom is 0.314 e. The normalized spacial score (nSPS) is 12.2. The fourth-order valence-electron chi connectivity index (χ4n) is 1.21. The zero-order valence-corrected chi connectivity index (χ0v) is 7.87. The maximum absolute atomic E-state index is 12.6. The Hall–Kier alpha value is -1.42. The van der Waals surface area contributed by atoms with Crippen molar-refractivity contribution >= 4 is 5.97 Å². The van der Waals surface area contributed by atoms with Crippen molar-refractivity contribution in [1.82, 2.24) is 0 Å². The Morgan fingerprint density at radius 1 is 1.50 bits per heavy atom. The Balaban J connectivity index is 2.89. The fourth-order valence-corrected chi connectivity index (χ4v) is 1.21. The van der Waals surface area contributed by atoms with Gasteiger partial charge in [0.2, 0.25) is 0 Å². The van der Waals surface area contributed by atoms with Crippen molar-refractivity contribution in [1.29, 1.82) is 0 Å². The van der Waals surface area contributed by atoms with Crippen LogP contribution in [0.2, 0.25) is 0 Å². The molecule has 0 saturated heterocycles. The van der Waals surface area contributed by atoms with E-state index in [0.717, 1.165) is 0 Å². The van der Waals surface area contributed by atoms with Crippen LogP contribution >= 0.6 is 0 Å². The van der Waals surface area contributed by atoms with E-state index in [1.54, 1.807) is 0 Å². The quantitative estimate of drug-likeness (QED) is 0.736. The van der Waals surface area contributed by atoms with E-state index in [1.165, 1.54) is 31.4 Å². The second-order valence-electron chi connectivity index (χ2n) is 2.86. The number of esters is 1. The third-order valence-corrected chi connectivity index (χ3v) is 1.99. The number of hydrogen-bond donors (Lipinski definition) is 1. The predicted molar refractivity (Wildman–Crippen MR) is 50.2 cm³/mol. The van der Waals surface area contributed by atoms with Crippen LogP contribution in [0.4, 0.5) is 4.39 Å². The van der Waals surface area contributed by atoms with Gasteiger partial charge < -0.3 is 10.5 Å². The zero-order chi connectivity index (χ0) is 10.6. The van der Waals surface area contributed by atoms with E-state index in [-0.39, 0.29) is 12.4 Å². The van der Waals surface area contributed by atoms with Gasteiger partial charge in [0.15, 0.2) is 0 Å². The summed E-state index contributed by atoms with van der Waals surface area (Å²) in [5, 5.41) is 0. The molecular weight excluding hydrogens is 185 g/mol. The zero-order valence-electron chi connectivity index (χ0n) is 7.87. The van der Waals surface area contributed by atoms with Gasteiger partial charge in [-0.25, -0.2) is 4.39 Å². The molecule has 1 aromatic carbocycles. The Labute approximate surface area is 81.7 Å². The topological polar surface area (TPSA) is 52.3 Å². The third kappa shape index (κ3) is 2.29. The van der Waals surface area contributed by atoms with E-state index < -0.39 is 11.9 Å². The van der Waals surface area contributed by atoms with Crippen LogP contribution in [0, 0.1) is 5.82 Å². The number of methoxy groups -OCH3 is 1. The summed E-state index contributed by atoms with van der Waals surface area (Å²) in [6, 6.07) is 5.65. The molecule has 0 saturated carbocycles. The van der Waals surface area contributed by atoms with Gasteiger partial charge in [-0.2, -0.15) is 0 Å². The Kier molecular flexibility index (Phi) is 3.59. The highest BCUT2D eigenvalue weighted by Gasteiger charge is 2.19. The summed E-state index contributed by atoms with van der Waals surface area (Å²) in [5.74, 6) is -1.26. The molecule has 0 radical (unpaired) electrons. The minimum Gasteiger partial charge on any atom is -0.469 e. The average Bonchev–Trinajstić information content (AvgIpc) is 2.21. The highest BCUT2D eigenvalue weighted by atomic mass is 19.1. The number of hydrogen-bond acceptors (Lipinski definition) is 3. The molecule has 76 valence electrons. The number of nitrogens with two attached hydrogens (primary N) is 1. The Morgan fingerprint density at radius 2 is 2.07 bits per heavy atom. The van der Waals surface area contributed by atoms with Gasteiger partial charge in [0, 0.05) is 6.54 Å². The van der Waals surface area contributed by atoms with Crippen molar-refractivity contribution in [2.45, 2.75) is 5.92 Å². The van der Waals surface area contributed by atoms with Gasteiger partial charge in [0.25, 0.3) is 0 Å². The molecule has 0 aliphatic rings. The molecule has 0 fully saturated rings. The lowest BCUT2D eigenvalue weighted by Gasteiger charge is -2.11. The van der Waals surface area contributed by atoms with Gasteiger partial charge in [-0.1, -0.05) is 12.1 Å². The second-order valence-corrected chi connectivity index (χ2v) is 2.86. The second kappa shape index (κ2) is 4.72. The fraction of sp³-hybridized carbons (Fsp3) is 0.300. The summed E-state index contributed by atoms with van der Waals surface area (Å²) in [7, 11) is 1.30. The van der Waals surface area contributed by atoms with Gasteiger partial charge >= 0.3 is 5.97 Å². The molecule has 0 bridgehead atoms. The van der Waals surface area contributed by atoms with Crippen molar-refractivity contribution < 1.29 is 13.9 Å². The molecule has 4 heteroatoms. The largest absolute Gasteiger partial charge is 0.469 e. The van der Waals surface area contributed by atoms with Gasteiger partial charge in [-0.15, -0.1) is 0 Å². The highest BCUT2D eigenvalue weighted by molar-refractivity contribution is 5.78. The molecule has 0 heterocycles. The van der Waals surface area contributed by atoms with E-state index >= 15 is 0 Å². The smallest absolute Gasteiger partial charge is 0.314 e. The van der Waals surface area contributed by atoms with Crippen LogP contribution in [0.15, 0.2) is 24.3 Å². The molecular formula is C10H12FNO2. The van der Waals surface area contributed by atoms with E-state index in [2.05, 4.69) is 4.74 Å². The average molecular weight is 197 g/mol. The van der Waals surface area contributed by atoms with E-state index in [0.29, 0.717) is 5.56 Å². The summed E-state index contributed by atoms with van der Waals surface area (Å²) >= 11 is 0. The van der Waals surface area contributed by atoms with E-state index in [1.807, 2.05) is 0 Å². The van der Waals surface area contributed by atoms with Crippen LogP contribution < -0.4 is 5.73 Å². The first kappa shape index (κ1) is 10.7. The van der Waals surface area contributed by atoms with Crippen LogP contribution in [-0.4, -0.2) is 19.6 Å². The van der Waals surface area contributed by atoms with Gasteiger partial charge in [-0.3, -0.25) is 4.79 Å². The van der Waals surface area contributed by atoms with E-state index in [9.17, 15) is 9.18 Å². The first-order valence-electron chi connectivity index (χ1n) is 4.22. The van der Waals surface area contributed by atoms with Crippen LogP contribution in [-0.2, 0) is 9.53 Å². The molecule has 3 nitrogen and oxygen atoms in total. The lowest BCUT2D eigenvalue weighted by molar-refractivity contribution is -0.142. The van der Waals surface area contributed by atoms with Gasteiger partial charge in [0.05, 0.1) is 13.0 Å². The molecule has 0 amide bonds. The van der Waals surface area contributed by atoms with Crippen LogP contribution in [0.5, 0.6) is 0 Å². The molecule has 1 rings (SSSR count). The minimum absolute atomic E-state index is 0.151. The van der Waals surface area contributed by atoms with Crippen molar-refractivity contribution in [3.05, 3.63) is 35.6 Å². The SMILES string of the molecule is COC(=O)C(CN)c1ccc(F)cc1. The Bertz CT molecular complexity index is 310. The lowest BCUT2D eigenvalue weighted by atomic mass is 9.99. The minimum atomic E-state index is -0.513. The molecule has 2 N–H and O–H groups in total. The number of carbonyl (C=O) groups excluding carboxylic acids is 1. The predicted octanol–water partition coefficient (Wildman–Crippen LogP) is 1.04. The summed E-state index contributed by atoms with van der Waals surface area (Å²) in [4.78, 5) is 11.2. The van der Waals surface area contributed by atoms with Crippen LogP contribution in [0.3, 0.4) is 0 Å². The molecule has 1 aromatic rings. The van der Waals surface area contributed by atoms with Crippen LogP contribution in [0.25, 0.3) is 0 Å². The van der Waals surface area contributed by atoms with Crippen molar-refractivity contribution in [3.63, 3.8) is 0 Å².